The second-order valence-corrected chi connectivity index (χ2v) is 6.73. The van der Waals surface area contributed by atoms with Crippen LogP contribution < -0.4 is 10.1 Å². The van der Waals surface area contributed by atoms with Crippen LogP contribution >= 0.6 is 0 Å². The summed E-state index contributed by atoms with van der Waals surface area (Å²) in [4.78, 5) is 21.7. The number of aryl methyl sites for hydroxylation is 1. The molecule has 5 nitrogen and oxygen atoms in total. The summed E-state index contributed by atoms with van der Waals surface area (Å²) in [6.45, 7) is 7.82. The lowest BCUT2D eigenvalue weighted by Crippen LogP contribution is -2.28. The first kappa shape index (κ1) is 21.0. The van der Waals surface area contributed by atoms with Gasteiger partial charge in [0.1, 0.15) is 11.5 Å². The maximum absolute atomic E-state index is 12.6. The lowest BCUT2D eigenvalue weighted by molar-refractivity contribution is 0.0977. The Balaban J connectivity index is 1.96. The predicted octanol–water partition coefficient (Wildman–Crippen LogP) is 5.27. The molecule has 1 amide bonds. The Kier molecular flexibility index (Phi) is 6.75. The molecular formula is C25H25N3O2. The molecule has 30 heavy (non-hydrogen) atoms. The molecule has 3 aromatic rings. The minimum atomic E-state index is -0.250. The summed E-state index contributed by atoms with van der Waals surface area (Å²) in [5, 5.41) is 2.82. The maximum Gasteiger partial charge on any atom is 0.256 e. The van der Waals surface area contributed by atoms with Gasteiger partial charge in [0.25, 0.3) is 5.91 Å². The molecule has 1 N–H and O–H groups in total. The van der Waals surface area contributed by atoms with E-state index in [-0.39, 0.29) is 5.91 Å². The summed E-state index contributed by atoms with van der Waals surface area (Å²) >= 11 is 0. The van der Waals surface area contributed by atoms with Gasteiger partial charge in [0, 0.05) is 17.3 Å². The van der Waals surface area contributed by atoms with Gasteiger partial charge in [0.15, 0.2) is 0 Å². The zero-order chi connectivity index (χ0) is 21.5. The van der Waals surface area contributed by atoms with E-state index in [1.807, 2.05) is 49.4 Å². The molecule has 5 heteroatoms. The zero-order valence-electron chi connectivity index (χ0n) is 17.5. The molecule has 0 fully saturated rings. The number of benzene rings is 2. The Morgan fingerprint density at radius 2 is 1.87 bits per heavy atom. The number of amidine groups is 1. The summed E-state index contributed by atoms with van der Waals surface area (Å²) in [5.74, 6) is 0.459. The number of nitrogens with zero attached hydrogens (tertiary/aromatic N) is 2. The number of carbonyl (C=O) groups is 1. The van der Waals surface area contributed by atoms with E-state index in [1.165, 1.54) is 11.6 Å². The number of methoxy groups -OCH3 is 1. The van der Waals surface area contributed by atoms with Crippen LogP contribution in [0.2, 0.25) is 0 Å². The maximum atomic E-state index is 12.6. The van der Waals surface area contributed by atoms with Crippen molar-refractivity contribution in [1.82, 2.24) is 10.3 Å². The number of carbonyl (C=O) groups excluding carboxylic acids is 1. The fraction of sp³-hybridized carbons (Fsp3) is 0.160. The first-order valence-electron chi connectivity index (χ1n) is 9.77. The van der Waals surface area contributed by atoms with Crippen LogP contribution in [0.5, 0.6) is 5.88 Å². The number of amides is 1. The third-order valence-electron chi connectivity index (χ3n) is 4.84. The first-order chi connectivity index (χ1) is 14.6. The van der Waals surface area contributed by atoms with Crippen molar-refractivity contribution in [3.63, 3.8) is 0 Å². The van der Waals surface area contributed by atoms with Crippen molar-refractivity contribution in [2.75, 3.05) is 7.11 Å². The second kappa shape index (κ2) is 9.65. The molecule has 1 aromatic heterocycles. The van der Waals surface area contributed by atoms with Gasteiger partial charge in [-0.2, -0.15) is 0 Å². The van der Waals surface area contributed by atoms with Gasteiger partial charge < -0.3 is 10.1 Å². The van der Waals surface area contributed by atoms with Gasteiger partial charge in [-0.15, -0.1) is 0 Å². The molecule has 152 valence electrons. The Hall–Kier alpha value is -3.73. The monoisotopic (exact) mass is 399 g/mol. The summed E-state index contributed by atoms with van der Waals surface area (Å²) in [6, 6.07) is 17.4. The largest absolute Gasteiger partial charge is 0.479 e. The van der Waals surface area contributed by atoms with E-state index >= 15 is 0 Å². The van der Waals surface area contributed by atoms with Crippen molar-refractivity contribution < 1.29 is 9.53 Å². The minimum absolute atomic E-state index is 0.250. The average Bonchev–Trinajstić information content (AvgIpc) is 2.80. The molecule has 2 aromatic carbocycles. The van der Waals surface area contributed by atoms with Gasteiger partial charge in [-0.3, -0.25) is 4.79 Å². The van der Waals surface area contributed by atoms with Crippen molar-refractivity contribution in [3.8, 4) is 17.0 Å². The Morgan fingerprint density at radius 1 is 1.17 bits per heavy atom. The molecule has 0 aliphatic rings. The minimum Gasteiger partial charge on any atom is -0.479 e. The fourth-order valence-corrected chi connectivity index (χ4v) is 3.08. The number of aliphatic imine (C=N–C) groups is 1. The number of hydrogen-bond acceptors (Lipinski definition) is 4. The average molecular weight is 399 g/mol. The lowest BCUT2D eigenvalue weighted by Gasteiger charge is -2.13. The lowest BCUT2D eigenvalue weighted by atomic mass is 10.0. The standard InChI is InChI=1S/C25H25N3O2/c1-5-18-12-14-20(15-13-18)24(29)28-22(6-2)27-23-17(3)21(16-26-25(23)30-4)19-10-8-7-9-11-19/h6-16H,2,5H2,1,3-4H3,(H,27,28,29). The van der Waals surface area contributed by atoms with E-state index in [1.54, 1.807) is 25.4 Å². The molecular weight excluding hydrogens is 374 g/mol. The van der Waals surface area contributed by atoms with Gasteiger partial charge in [-0.1, -0.05) is 56.0 Å². The molecule has 0 radical (unpaired) electrons. The van der Waals surface area contributed by atoms with Crippen molar-refractivity contribution in [2.24, 2.45) is 4.99 Å². The molecule has 0 atom stereocenters. The SMILES string of the molecule is C=C/C(=N\c1c(OC)ncc(-c2ccccc2)c1C)NC(=O)c1ccc(CC)cc1. The highest BCUT2D eigenvalue weighted by Crippen LogP contribution is 2.35. The summed E-state index contributed by atoms with van der Waals surface area (Å²) in [7, 11) is 1.55. The summed E-state index contributed by atoms with van der Waals surface area (Å²) in [6.07, 6.45) is 4.20. The molecule has 0 saturated carbocycles. The smallest absolute Gasteiger partial charge is 0.256 e. The number of hydrogen-bond donors (Lipinski definition) is 1. The number of pyridine rings is 1. The summed E-state index contributed by atoms with van der Waals surface area (Å²) < 4.78 is 5.41. The number of nitrogens with one attached hydrogen (secondary N) is 1. The first-order valence-corrected chi connectivity index (χ1v) is 9.77. The van der Waals surface area contributed by atoms with Crippen molar-refractivity contribution in [3.05, 3.63) is 90.1 Å². The van der Waals surface area contributed by atoms with Crippen LogP contribution in [-0.4, -0.2) is 23.8 Å². The van der Waals surface area contributed by atoms with Gasteiger partial charge in [0.05, 0.1) is 7.11 Å². The zero-order valence-corrected chi connectivity index (χ0v) is 17.5. The molecule has 0 saturated heterocycles. The van der Waals surface area contributed by atoms with Crippen molar-refractivity contribution in [1.29, 1.82) is 0 Å². The van der Waals surface area contributed by atoms with Crippen molar-refractivity contribution >= 4 is 17.4 Å². The molecule has 1 heterocycles. The Morgan fingerprint density at radius 3 is 2.47 bits per heavy atom. The van der Waals surface area contributed by atoms with Gasteiger partial charge in [0.2, 0.25) is 5.88 Å². The molecule has 0 aliphatic carbocycles. The van der Waals surface area contributed by atoms with Crippen LogP contribution in [0.1, 0.15) is 28.4 Å². The van der Waals surface area contributed by atoms with E-state index in [4.69, 9.17) is 4.74 Å². The van der Waals surface area contributed by atoms with Crippen LogP contribution in [0, 0.1) is 6.92 Å². The number of rotatable bonds is 6. The molecule has 0 unspecified atom stereocenters. The third-order valence-corrected chi connectivity index (χ3v) is 4.84. The van der Waals surface area contributed by atoms with Gasteiger partial charge in [-0.25, -0.2) is 9.98 Å². The quantitative estimate of drug-likeness (QED) is 0.453. The van der Waals surface area contributed by atoms with E-state index in [2.05, 4.69) is 28.8 Å². The van der Waals surface area contributed by atoms with Crippen molar-refractivity contribution in [2.45, 2.75) is 20.3 Å². The Bertz CT molecular complexity index is 1070. The fourth-order valence-electron chi connectivity index (χ4n) is 3.08. The van der Waals surface area contributed by atoms with E-state index in [0.29, 0.717) is 23.0 Å². The highest BCUT2D eigenvalue weighted by molar-refractivity contribution is 6.11. The molecule has 3 rings (SSSR count). The van der Waals surface area contributed by atoms with Gasteiger partial charge in [-0.05, 0) is 48.2 Å². The van der Waals surface area contributed by atoms with E-state index in [9.17, 15) is 4.79 Å². The molecule has 0 spiro atoms. The van der Waals surface area contributed by atoms with E-state index in [0.717, 1.165) is 23.1 Å². The van der Waals surface area contributed by atoms with Crippen LogP contribution in [-0.2, 0) is 6.42 Å². The molecule has 0 aliphatic heterocycles. The van der Waals surface area contributed by atoms with Crippen LogP contribution in [0.25, 0.3) is 11.1 Å². The van der Waals surface area contributed by atoms with Gasteiger partial charge >= 0.3 is 0 Å². The van der Waals surface area contributed by atoms with Crippen LogP contribution in [0.3, 0.4) is 0 Å². The topological polar surface area (TPSA) is 63.6 Å². The highest BCUT2D eigenvalue weighted by atomic mass is 16.5. The van der Waals surface area contributed by atoms with Crippen LogP contribution in [0.4, 0.5) is 5.69 Å². The normalized spacial score (nSPS) is 11.1. The highest BCUT2D eigenvalue weighted by Gasteiger charge is 2.15. The third kappa shape index (κ3) is 4.63. The molecule has 0 bridgehead atoms. The predicted molar refractivity (Wildman–Crippen MR) is 122 cm³/mol. The number of ether oxygens (including phenoxy) is 1. The van der Waals surface area contributed by atoms with E-state index < -0.39 is 0 Å². The summed E-state index contributed by atoms with van der Waals surface area (Å²) in [5.41, 5.74) is 5.15. The van der Waals surface area contributed by atoms with Crippen LogP contribution in [0.15, 0.2) is 78.4 Å². The number of aromatic nitrogens is 1. The second-order valence-electron chi connectivity index (χ2n) is 6.73. The Labute approximate surface area is 177 Å².